The third kappa shape index (κ3) is 2.42. The number of carbonyl (C=O) groups is 1. The lowest BCUT2D eigenvalue weighted by Gasteiger charge is -2.22. The first-order valence-electron chi connectivity index (χ1n) is 7.86. The van der Waals surface area contributed by atoms with Crippen molar-refractivity contribution in [3.05, 3.63) is 18.0 Å². The number of amides is 1. The number of methoxy groups -OCH3 is 1. The van der Waals surface area contributed by atoms with E-state index in [9.17, 15) is 4.79 Å². The highest BCUT2D eigenvalue weighted by atomic mass is 16.5. The molecule has 4 rings (SSSR count). The van der Waals surface area contributed by atoms with Crippen LogP contribution in [0.4, 0.5) is 5.82 Å². The smallest absolute Gasteiger partial charge is 0.248 e. The Morgan fingerprint density at radius 2 is 1.96 bits per heavy atom. The van der Waals surface area contributed by atoms with Crippen molar-refractivity contribution >= 4 is 17.4 Å². The molecule has 23 heavy (non-hydrogen) atoms. The average molecular weight is 316 g/mol. The Morgan fingerprint density at radius 3 is 2.65 bits per heavy atom. The lowest BCUT2D eigenvalue weighted by molar-refractivity contribution is -0.134. The van der Waals surface area contributed by atoms with Crippen LogP contribution in [0.3, 0.4) is 0 Å². The van der Waals surface area contributed by atoms with Crippen molar-refractivity contribution in [2.24, 2.45) is 11.8 Å². The van der Waals surface area contributed by atoms with Crippen LogP contribution in [-0.2, 0) is 9.53 Å². The van der Waals surface area contributed by atoms with E-state index in [1.54, 1.807) is 11.6 Å². The average Bonchev–Trinajstić information content (AvgIpc) is 3.20. The fourth-order valence-corrected chi connectivity index (χ4v) is 3.65. The van der Waals surface area contributed by atoms with E-state index in [4.69, 9.17) is 4.74 Å². The molecule has 0 spiro atoms. The molecule has 0 aromatic carbocycles. The summed E-state index contributed by atoms with van der Waals surface area (Å²) in [5.41, 5.74) is 0.766. The molecule has 8 heteroatoms. The summed E-state index contributed by atoms with van der Waals surface area (Å²) in [5, 5.41) is 12.8. The predicted molar refractivity (Wildman–Crippen MR) is 83.2 cm³/mol. The second-order valence-electron chi connectivity index (χ2n) is 6.37. The van der Waals surface area contributed by atoms with Gasteiger partial charge in [-0.05, 0) is 19.1 Å². The minimum absolute atomic E-state index is 0.0908. The van der Waals surface area contributed by atoms with Crippen molar-refractivity contribution in [2.75, 3.05) is 44.8 Å². The van der Waals surface area contributed by atoms with Crippen LogP contribution in [-0.4, -0.2) is 70.5 Å². The zero-order valence-electron chi connectivity index (χ0n) is 13.3. The van der Waals surface area contributed by atoms with Gasteiger partial charge in [0.25, 0.3) is 0 Å². The summed E-state index contributed by atoms with van der Waals surface area (Å²) < 4.78 is 6.72. The van der Waals surface area contributed by atoms with E-state index in [1.807, 2.05) is 24.0 Å². The Bertz CT molecular complexity index is 731. The fourth-order valence-electron chi connectivity index (χ4n) is 3.65. The molecule has 1 amide bonds. The fraction of sp³-hybridized carbons (Fsp3) is 0.600. The third-order valence-corrected chi connectivity index (χ3v) is 4.84. The van der Waals surface area contributed by atoms with Crippen molar-refractivity contribution in [2.45, 2.75) is 6.92 Å². The molecule has 0 N–H and O–H groups in total. The molecular formula is C15H20N6O2. The minimum Gasteiger partial charge on any atom is -0.375 e. The predicted octanol–water partition coefficient (Wildman–Crippen LogP) is -0.0263. The summed E-state index contributed by atoms with van der Waals surface area (Å²) >= 11 is 0. The number of hydrogen-bond acceptors (Lipinski definition) is 6. The molecule has 4 heterocycles. The number of carbonyl (C=O) groups excluding carboxylic acids is 1. The maximum absolute atomic E-state index is 11.9. The van der Waals surface area contributed by atoms with Gasteiger partial charge in [-0.2, -0.15) is 4.52 Å². The van der Waals surface area contributed by atoms with Crippen molar-refractivity contribution in [1.29, 1.82) is 0 Å². The van der Waals surface area contributed by atoms with E-state index in [-0.39, 0.29) is 12.5 Å². The molecule has 0 radical (unpaired) electrons. The van der Waals surface area contributed by atoms with E-state index in [0.717, 1.165) is 43.5 Å². The molecule has 8 nitrogen and oxygen atoms in total. The summed E-state index contributed by atoms with van der Waals surface area (Å²) in [7, 11) is 1.56. The van der Waals surface area contributed by atoms with Gasteiger partial charge in [-0.25, -0.2) is 0 Å². The first-order chi connectivity index (χ1) is 11.2. The number of likely N-dealkylation sites (tertiary alicyclic amines) is 1. The summed E-state index contributed by atoms with van der Waals surface area (Å²) in [6, 6.07) is 3.95. The molecule has 2 atom stereocenters. The van der Waals surface area contributed by atoms with Crippen LogP contribution < -0.4 is 4.90 Å². The van der Waals surface area contributed by atoms with E-state index in [2.05, 4.69) is 20.2 Å². The molecule has 0 saturated carbocycles. The Balaban J connectivity index is 1.47. The second-order valence-corrected chi connectivity index (χ2v) is 6.37. The Hall–Kier alpha value is -2.22. The van der Waals surface area contributed by atoms with Gasteiger partial charge < -0.3 is 14.5 Å². The minimum atomic E-state index is 0.0908. The van der Waals surface area contributed by atoms with E-state index in [0.29, 0.717) is 11.8 Å². The highest BCUT2D eigenvalue weighted by Gasteiger charge is 2.41. The number of aromatic nitrogens is 4. The number of hydrogen-bond donors (Lipinski definition) is 0. The van der Waals surface area contributed by atoms with Crippen molar-refractivity contribution in [3.63, 3.8) is 0 Å². The van der Waals surface area contributed by atoms with Crippen LogP contribution in [0, 0.1) is 18.8 Å². The van der Waals surface area contributed by atoms with Gasteiger partial charge in [0.1, 0.15) is 12.4 Å². The lowest BCUT2D eigenvalue weighted by Crippen LogP contribution is -2.35. The van der Waals surface area contributed by atoms with Gasteiger partial charge in [0.2, 0.25) is 5.91 Å². The van der Waals surface area contributed by atoms with Crippen LogP contribution in [0.5, 0.6) is 0 Å². The van der Waals surface area contributed by atoms with Crippen molar-refractivity contribution in [1.82, 2.24) is 24.7 Å². The number of nitrogens with zero attached hydrogens (tertiary/aromatic N) is 6. The van der Waals surface area contributed by atoms with Crippen molar-refractivity contribution in [3.8, 4) is 0 Å². The first kappa shape index (κ1) is 14.4. The summed E-state index contributed by atoms with van der Waals surface area (Å²) in [4.78, 5) is 16.2. The molecule has 2 aliphatic rings. The molecule has 0 bridgehead atoms. The number of aryl methyl sites for hydroxylation is 1. The Morgan fingerprint density at radius 1 is 1.22 bits per heavy atom. The van der Waals surface area contributed by atoms with E-state index in [1.165, 1.54) is 0 Å². The van der Waals surface area contributed by atoms with Gasteiger partial charge in [0, 0.05) is 45.1 Å². The molecule has 122 valence electrons. The van der Waals surface area contributed by atoms with Crippen molar-refractivity contribution < 1.29 is 9.53 Å². The standard InChI is InChI=1S/C15H20N6O2/c1-10-16-17-13-3-4-14(18-21(10)13)19-5-11-7-20(8-12(11)6-19)15(22)9-23-2/h3-4,11-12H,5-9H2,1-2H3. The molecule has 2 saturated heterocycles. The molecule has 0 aliphatic carbocycles. The molecule has 2 unspecified atom stereocenters. The topological polar surface area (TPSA) is 75.9 Å². The Labute approximate surface area is 134 Å². The van der Waals surface area contributed by atoms with Crippen LogP contribution in [0.2, 0.25) is 0 Å². The highest BCUT2D eigenvalue weighted by Crippen LogP contribution is 2.33. The first-order valence-corrected chi connectivity index (χ1v) is 7.86. The van der Waals surface area contributed by atoms with Gasteiger partial charge in [-0.1, -0.05) is 0 Å². The second kappa shape index (κ2) is 5.45. The van der Waals surface area contributed by atoms with Crippen LogP contribution >= 0.6 is 0 Å². The van der Waals surface area contributed by atoms with Gasteiger partial charge >= 0.3 is 0 Å². The summed E-state index contributed by atoms with van der Waals surface area (Å²) in [6.45, 7) is 5.57. The number of ether oxygens (including phenoxy) is 1. The maximum atomic E-state index is 11.9. The molecular weight excluding hydrogens is 296 g/mol. The zero-order valence-corrected chi connectivity index (χ0v) is 13.3. The van der Waals surface area contributed by atoms with Crippen LogP contribution in [0.15, 0.2) is 12.1 Å². The highest BCUT2D eigenvalue weighted by molar-refractivity contribution is 5.77. The largest absolute Gasteiger partial charge is 0.375 e. The van der Waals surface area contributed by atoms with Gasteiger partial charge in [0.05, 0.1) is 0 Å². The number of rotatable bonds is 3. The maximum Gasteiger partial charge on any atom is 0.248 e. The molecule has 2 fully saturated rings. The van der Waals surface area contributed by atoms with Gasteiger partial charge in [0.15, 0.2) is 11.5 Å². The monoisotopic (exact) mass is 316 g/mol. The summed E-state index contributed by atoms with van der Waals surface area (Å²) in [6.07, 6.45) is 0. The normalized spacial score (nSPS) is 23.7. The number of fused-ring (bicyclic) bond motifs is 2. The quantitative estimate of drug-likeness (QED) is 0.792. The SMILES string of the molecule is COCC(=O)N1CC2CN(c3ccc4nnc(C)n4n3)CC2C1. The zero-order chi connectivity index (χ0) is 16.0. The molecule has 2 aromatic heterocycles. The van der Waals surface area contributed by atoms with Gasteiger partial charge in [-0.15, -0.1) is 15.3 Å². The van der Waals surface area contributed by atoms with Gasteiger partial charge in [-0.3, -0.25) is 4.79 Å². The summed E-state index contributed by atoms with van der Waals surface area (Å²) in [5.74, 6) is 2.85. The van der Waals surface area contributed by atoms with E-state index < -0.39 is 0 Å². The Kier molecular flexibility index (Phi) is 3.41. The molecule has 2 aromatic rings. The van der Waals surface area contributed by atoms with E-state index >= 15 is 0 Å². The molecule has 2 aliphatic heterocycles. The lowest BCUT2D eigenvalue weighted by atomic mass is 10.0. The number of anilines is 1. The van der Waals surface area contributed by atoms with Crippen LogP contribution in [0.25, 0.3) is 5.65 Å². The third-order valence-electron chi connectivity index (χ3n) is 4.84. The van der Waals surface area contributed by atoms with Crippen LogP contribution in [0.1, 0.15) is 5.82 Å².